The highest BCUT2D eigenvalue weighted by atomic mass is 32.1. The Morgan fingerprint density at radius 1 is 0.941 bits per heavy atom. The SMILES string of the molecule is Cc1ccc(-c2nc(NC(=O)c3ccccc3[N+](=O)[O-])sc2-c2ccc([N+](=O)[O-])cc2)c(C)c1. The Bertz CT molecular complexity index is 1430. The van der Waals surface area contributed by atoms with Gasteiger partial charge >= 0.3 is 0 Å². The third-order valence-electron chi connectivity index (χ3n) is 5.17. The van der Waals surface area contributed by atoms with Crippen LogP contribution >= 0.6 is 11.3 Å². The molecule has 1 aromatic heterocycles. The molecule has 1 N–H and O–H groups in total. The van der Waals surface area contributed by atoms with Crippen molar-refractivity contribution in [2.45, 2.75) is 13.8 Å². The Labute approximate surface area is 198 Å². The zero-order valence-corrected chi connectivity index (χ0v) is 19.0. The van der Waals surface area contributed by atoms with E-state index in [0.29, 0.717) is 16.1 Å². The largest absolute Gasteiger partial charge is 0.298 e. The number of nitro groups is 2. The minimum absolute atomic E-state index is 0.0359. The first-order valence-corrected chi connectivity index (χ1v) is 10.9. The predicted octanol–water partition coefficient (Wildman–Crippen LogP) is 6.16. The maximum Gasteiger partial charge on any atom is 0.282 e. The van der Waals surface area contributed by atoms with E-state index in [2.05, 4.69) is 10.3 Å². The van der Waals surface area contributed by atoms with Gasteiger partial charge in [-0.1, -0.05) is 47.2 Å². The van der Waals surface area contributed by atoms with Gasteiger partial charge in [0.15, 0.2) is 5.13 Å². The van der Waals surface area contributed by atoms with Gasteiger partial charge in [0, 0.05) is 23.8 Å². The molecule has 170 valence electrons. The van der Waals surface area contributed by atoms with E-state index in [4.69, 9.17) is 0 Å². The third-order valence-corrected chi connectivity index (χ3v) is 6.19. The number of hydrogen-bond acceptors (Lipinski definition) is 7. The summed E-state index contributed by atoms with van der Waals surface area (Å²) < 4.78 is 0. The van der Waals surface area contributed by atoms with Crippen LogP contribution in [0.5, 0.6) is 0 Å². The summed E-state index contributed by atoms with van der Waals surface area (Å²) in [6.07, 6.45) is 0. The topological polar surface area (TPSA) is 128 Å². The lowest BCUT2D eigenvalue weighted by atomic mass is 10.0. The van der Waals surface area contributed by atoms with Crippen molar-refractivity contribution >= 4 is 33.8 Å². The quantitative estimate of drug-likeness (QED) is 0.263. The molecule has 0 aliphatic carbocycles. The number of nitrogens with one attached hydrogen (secondary N) is 1. The van der Waals surface area contributed by atoms with E-state index < -0.39 is 15.8 Å². The van der Waals surface area contributed by atoms with Gasteiger partial charge in [0.25, 0.3) is 17.3 Å². The van der Waals surface area contributed by atoms with E-state index in [-0.39, 0.29) is 22.1 Å². The molecule has 1 heterocycles. The third kappa shape index (κ3) is 4.52. The summed E-state index contributed by atoms with van der Waals surface area (Å²) >= 11 is 1.19. The number of non-ortho nitro benzene ring substituents is 1. The second-order valence-corrected chi connectivity index (χ2v) is 8.55. The maximum atomic E-state index is 12.8. The number of rotatable bonds is 6. The Morgan fingerprint density at radius 2 is 1.65 bits per heavy atom. The summed E-state index contributed by atoms with van der Waals surface area (Å²) in [6.45, 7) is 3.93. The molecule has 0 unspecified atom stereocenters. The van der Waals surface area contributed by atoms with Gasteiger partial charge in [-0.15, -0.1) is 0 Å². The van der Waals surface area contributed by atoms with Crippen LogP contribution in [0.3, 0.4) is 0 Å². The monoisotopic (exact) mass is 474 g/mol. The zero-order valence-electron chi connectivity index (χ0n) is 18.1. The number of amides is 1. The molecule has 0 saturated heterocycles. The lowest BCUT2D eigenvalue weighted by molar-refractivity contribution is -0.385. The molecule has 0 saturated carbocycles. The van der Waals surface area contributed by atoms with Crippen molar-refractivity contribution in [3.63, 3.8) is 0 Å². The van der Waals surface area contributed by atoms with Gasteiger partial charge in [0.2, 0.25) is 0 Å². The van der Waals surface area contributed by atoms with Crippen molar-refractivity contribution < 1.29 is 14.6 Å². The van der Waals surface area contributed by atoms with Crippen LogP contribution in [0.1, 0.15) is 21.5 Å². The first-order chi connectivity index (χ1) is 16.2. The van der Waals surface area contributed by atoms with Crippen LogP contribution in [0.4, 0.5) is 16.5 Å². The van der Waals surface area contributed by atoms with Crippen LogP contribution in [0.25, 0.3) is 21.7 Å². The molecule has 0 atom stereocenters. The zero-order chi connectivity index (χ0) is 24.4. The van der Waals surface area contributed by atoms with Gasteiger partial charge in [-0.3, -0.25) is 30.3 Å². The number of anilines is 1. The van der Waals surface area contributed by atoms with Crippen molar-refractivity contribution in [3.8, 4) is 21.7 Å². The second kappa shape index (κ2) is 9.20. The number of benzene rings is 3. The molecule has 0 radical (unpaired) electrons. The van der Waals surface area contributed by atoms with Gasteiger partial charge in [-0.05, 0) is 43.2 Å². The molecule has 4 aromatic rings. The molecule has 0 aliphatic heterocycles. The number of aryl methyl sites for hydroxylation is 2. The molecule has 9 nitrogen and oxygen atoms in total. The van der Waals surface area contributed by atoms with E-state index in [1.165, 1.54) is 41.7 Å². The Balaban J connectivity index is 1.78. The van der Waals surface area contributed by atoms with Crippen LogP contribution < -0.4 is 5.32 Å². The molecule has 0 spiro atoms. The minimum atomic E-state index is -0.650. The number of carbonyl (C=O) groups excluding carboxylic acids is 1. The highest BCUT2D eigenvalue weighted by Crippen LogP contribution is 2.41. The molecule has 0 fully saturated rings. The van der Waals surface area contributed by atoms with E-state index in [1.807, 2.05) is 32.0 Å². The summed E-state index contributed by atoms with van der Waals surface area (Å²) in [5.74, 6) is -0.650. The standard InChI is InChI=1S/C24H18N4O5S/c1-14-7-12-18(15(2)13-14)21-22(16-8-10-17(11-9-16)27(30)31)34-24(25-21)26-23(29)19-5-3-4-6-20(19)28(32)33/h3-13H,1-2H3,(H,25,26,29). The van der Waals surface area contributed by atoms with Gasteiger partial charge < -0.3 is 0 Å². The van der Waals surface area contributed by atoms with Gasteiger partial charge in [-0.2, -0.15) is 0 Å². The lowest BCUT2D eigenvalue weighted by Crippen LogP contribution is -2.13. The predicted molar refractivity (Wildman–Crippen MR) is 130 cm³/mol. The van der Waals surface area contributed by atoms with Crippen molar-refractivity contribution in [2.24, 2.45) is 0 Å². The average molecular weight is 474 g/mol. The smallest absolute Gasteiger partial charge is 0.282 e. The van der Waals surface area contributed by atoms with Crippen molar-refractivity contribution in [1.82, 2.24) is 4.98 Å². The number of carbonyl (C=O) groups is 1. The van der Waals surface area contributed by atoms with Gasteiger partial charge in [-0.25, -0.2) is 4.98 Å². The molecule has 1 amide bonds. The second-order valence-electron chi connectivity index (χ2n) is 7.55. The van der Waals surface area contributed by atoms with Crippen LogP contribution in [0.15, 0.2) is 66.7 Å². The molecular formula is C24H18N4O5S. The molecule has 4 rings (SSSR count). The van der Waals surface area contributed by atoms with E-state index in [9.17, 15) is 25.0 Å². The average Bonchev–Trinajstić information content (AvgIpc) is 3.22. The summed E-state index contributed by atoms with van der Waals surface area (Å²) in [6, 6.07) is 17.7. The number of thiazole rings is 1. The van der Waals surface area contributed by atoms with E-state index in [0.717, 1.165) is 16.7 Å². The van der Waals surface area contributed by atoms with Gasteiger partial charge in [0.1, 0.15) is 5.56 Å². The van der Waals surface area contributed by atoms with Crippen LogP contribution in [-0.2, 0) is 0 Å². The van der Waals surface area contributed by atoms with Crippen molar-refractivity contribution in [3.05, 3.63) is 104 Å². The maximum absolute atomic E-state index is 12.8. The van der Waals surface area contributed by atoms with Crippen LogP contribution in [0.2, 0.25) is 0 Å². The highest BCUT2D eigenvalue weighted by molar-refractivity contribution is 7.19. The number of hydrogen-bond donors (Lipinski definition) is 1. The molecule has 0 aliphatic rings. The minimum Gasteiger partial charge on any atom is -0.298 e. The summed E-state index contributed by atoms with van der Waals surface area (Å²) in [5.41, 5.74) is 3.80. The fraction of sp³-hybridized carbons (Fsp3) is 0.0833. The normalized spacial score (nSPS) is 10.6. The van der Waals surface area contributed by atoms with E-state index >= 15 is 0 Å². The molecule has 34 heavy (non-hydrogen) atoms. The highest BCUT2D eigenvalue weighted by Gasteiger charge is 2.23. The summed E-state index contributed by atoms with van der Waals surface area (Å²) in [5, 5.41) is 25.3. The van der Waals surface area contributed by atoms with Crippen LogP contribution in [-0.4, -0.2) is 20.7 Å². The van der Waals surface area contributed by atoms with E-state index in [1.54, 1.807) is 18.2 Å². The Hall–Kier alpha value is -4.44. The first-order valence-electron chi connectivity index (χ1n) is 10.1. The lowest BCUT2D eigenvalue weighted by Gasteiger charge is -2.07. The molecule has 10 heteroatoms. The number of para-hydroxylation sites is 1. The van der Waals surface area contributed by atoms with Gasteiger partial charge in [0.05, 0.1) is 20.4 Å². The summed E-state index contributed by atoms with van der Waals surface area (Å²) in [4.78, 5) is 39.5. The Kier molecular flexibility index (Phi) is 6.15. The summed E-state index contributed by atoms with van der Waals surface area (Å²) in [7, 11) is 0. The van der Waals surface area contributed by atoms with Crippen LogP contribution in [0, 0.1) is 34.1 Å². The molecular weight excluding hydrogens is 456 g/mol. The van der Waals surface area contributed by atoms with Crippen molar-refractivity contribution in [2.75, 3.05) is 5.32 Å². The number of aromatic nitrogens is 1. The number of nitrogens with zero attached hydrogens (tertiary/aromatic N) is 3. The molecule has 3 aromatic carbocycles. The molecule has 0 bridgehead atoms. The fourth-order valence-corrected chi connectivity index (χ4v) is 4.54. The number of nitro benzene ring substituents is 2. The fourth-order valence-electron chi connectivity index (χ4n) is 3.55. The Morgan fingerprint density at radius 3 is 2.29 bits per heavy atom. The van der Waals surface area contributed by atoms with Crippen molar-refractivity contribution in [1.29, 1.82) is 0 Å². The first kappa shape index (κ1) is 22.7.